The third kappa shape index (κ3) is 4.88. The van der Waals surface area contributed by atoms with Crippen molar-refractivity contribution in [1.82, 2.24) is 4.41 Å². The molecule has 1 heterocycles. The summed E-state index contributed by atoms with van der Waals surface area (Å²) < 4.78 is 81.0. The van der Waals surface area contributed by atoms with E-state index >= 15 is 0 Å². The second-order valence-electron chi connectivity index (χ2n) is 7.47. The number of hydrogen-bond acceptors (Lipinski definition) is 5. The van der Waals surface area contributed by atoms with Gasteiger partial charge in [0.25, 0.3) is 10.0 Å². The molecule has 0 bridgehead atoms. The van der Waals surface area contributed by atoms with Crippen molar-refractivity contribution in [2.24, 2.45) is 5.10 Å². The summed E-state index contributed by atoms with van der Waals surface area (Å²) in [5.74, 6) is -1.32. The van der Waals surface area contributed by atoms with Gasteiger partial charge < -0.3 is 0 Å². The summed E-state index contributed by atoms with van der Waals surface area (Å²) in [4.78, 5) is -0.304. The maximum Gasteiger partial charge on any atom is 0.279 e. The molecule has 0 radical (unpaired) electrons. The lowest BCUT2D eigenvalue weighted by Crippen LogP contribution is -2.28. The molecule has 0 fully saturated rings. The van der Waals surface area contributed by atoms with E-state index in [0.29, 0.717) is 17.0 Å². The predicted octanol–water partition coefficient (Wildman–Crippen LogP) is 3.88. The molecule has 1 aliphatic heterocycles. The number of anilines is 1. The summed E-state index contributed by atoms with van der Waals surface area (Å²) in [5.41, 5.74) is 1.35. The summed E-state index contributed by atoms with van der Waals surface area (Å²) >= 11 is 0. The van der Waals surface area contributed by atoms with Gasteiger partial charge >= 0.3 is 0 Å². The first-order valence-corrected chi connectivity index (χ1v) is 13.1. The van der Waals surface area contributed by atoms with Crippen molar-refractivity contribution in [3.8, 4) is 0 Å². The van der Waals surface area contributed by atoms with E-state index in [1.165, 1.54) is 42.5 Å². The Kier molecular flexibility index (Phi) is 5.93. The lowest BCUT2D eigenvalue weighted by molar-refractivity contribution is 0.362. The highest BCUT2D eigenvalue weighted by Gasteiger charge is 2.39. The van der Waals surface area contributed by atoms with Crippen LogP contribution >= 0.6 is 0 Å². The van der Waals surface area contributed by atoms with Gasteiger partial charge in [-0.05, 0) is 42.0 Å². The number of benzene rings is 3. The fourth-order valence-corrected chi connectivity index (χ4v) is 5.56. The quantitative estimate of drug-likeness (QED) is 0.566. The number of hydrogen-bond donors (Lipinski definition) is 1. The molecule has 0 saturated carbocycles. The maximum atomic E-state index is 14.6. The second-order valence-corrected chi connectivity index (χ2v) is 11.0. The molecule has 11 heteroatoms. The zero-order chi connectivity index (χ0) is 23.8. The third-order valence-electron chi connectivity index (χ3n) is 5.00. The Bertz CT molecular complexity index is 1440. The molecule has 0 spiro atoms. The van der Waals surface area contributed by atoms with Gasteiger partial charge in [-0.2, -0.15) is 17.9 Å². The number of nitrogens with one attached hydrogen (secondary N) is 1. The van der Waals surface area contributed by atoms with Crippen molar-refractivity contribution < 1.29 is 25.6 Å². The first-order chi connectivity index (χ1) is 15.5. The molecule has 1 aliphatic rings. The van der Waals surface area contributed by atoms with Crippen molar-refractivity contribution in [1.29, 1.82) is 0 Å². The summed E-state index contributed by atoms with van der Waals surface area (Å²) in [6.45, 7) is 0. The van der Waals surface area contributed by atoms with E-state index in [1.807, 2.05) is 0 Å². The topological polar surface area (TPSA) is 95.9 Å². The number of rotatable bonds is 6. The van der Waals surface area contributed by atoms with Gasteiger partial charge in [-0.1, -0.05) is 36.4 Å². The van der Waals surface area contributed by atoms with Gasteiger partial charge in [0.2, 0.25) is 10.0 Å². The van der Waals surface area contributed by atoms with Gasteiger partial charge in [-0.25, -0.2) is 17.2 Å². The Balaban J connectivity index is 1.76. The monoisotopic (exact) mass is 491 g/mol. The van der Waals surface area contributed by atoms with E-state index < -0.39 is 37.7 Å². The lowest BCUT2D eigenvalue weighted by Gasteiger charge is -2.23. The lowest BCUT2D eigenvalue weighted by atomic mass is 9.99. The number of halogens is 2. The van der Waals surface area contributed by atoms with Gasteiger partial charge in [0.15, 0.2) is 0 Å². The standard InChI is InChI=1S/C22H19F2N3O4S2/c1-32(28,29)26-17-11-9-15(10-12-17)21-14-22(19-7-2-3-8-20(19)24)27(25-21)33(30,31)18-6-4-5-16(23)13-18/h2-13,22,26H,14H2,1H3/t22-/m1/s1. The first kappa shape index (κ1) is 22.9. The zero-order valence-corrected chi connectivity index (χ0v) is 18.9. The van der Waals surface area contributed by atoms with Crippen LogP contribution in [0.5, 0.6) is 0 Å². The van der Waals surface area contributed by atoms with E-state index in [1.54, 1.807) is 18.2 Å². The minimum absolute atomic E-state index is 0.0638. The maximum absolute atomic E-state index is 14.6. The van der Waals surface area contributed by atoms with Gasteiger partial charge in [-0.3, -0.25) is 4.72 Å². The summed E-state index contributed by atoms with van der Waals surface area (Å²) in [5, 5.41) is 4.27. The Morgan fingerprint density at radius 3 is 2.27 bits per heavy atom. The van der Waals surface area contributed by atoms with Gasteiger partial charge in [-0.15, -0.1) is 0 Å². The van der Waals surface area contributed by atoms with Crippen LogP contribution in [0, 0.1) is 11.6 Å². The van der Waals surface area contributed by atoms with Crippen LogP contribution in [0.3, 0.4) is 0 Å². The van der Waals surface area contributed by atoms with Crippen molar-refractivity contribution in [2.45, 2.75) is 17.4 Å². The molecule has 33 heavy (non-hydrogen) atoms. The van der Waals surface area contributed by atoms with Crippen molar-refractivity contribution in [3.63, 3.8) is 0 Å². The summed E-state index contributed by atoms with van der Waals surface area (Å²) in [7, 11) is -7.76. The van der Waals surface area contributed by atoms with Gasteiger partial charge in [0.1, 0.15) is 11.6 Å². The minimum Gasteiger partial charge on any atom is -0.284 e. The molecule has 3 aromatic carbocycles. The smallest absolute Gasteiger partial charge is 0.279 e. The number of nitrogens with zero attached hydrogens (tertiary/aromatic N) is 2. The number of sulfonamides is 2. The Hall–Kier alpha value is -3.31. The highest BCUT2D eigenvalue weighted by Crippen LogP contribution is 2.38. The molecule has 1 N–H and O–H groups in total. The van der Waals surface area contributed by atoms with Crippen LogP contribution in [0.1, 0.15) is 23.6 Å². The van der Waals surface area contributed by atoms with Gasteiger partial charge in [0, 0.05) is 17.7 Å². The molecular weight excluding hydrogens is 472 g/mol. The largest absolute Gasteiger partial charge is 0.284 e. The van der Waals surface area contributed by atoms with E-state index in [0.717, 1.165) is 22.8 Å². The van der Waals surface area contributed by atoms with E-state index in [4.69, 9.17) is 0 Å². The highest BCUT2D eigenvalue weighted by molar-refractivity contribution is 7.92. The Morgan fingerprint density at radius 1 is 0.939 bits per heavy atom. The highest BCUT2D eigenvalue weighted by atomic mass is 32.2. The molecule has 172 valence electrons. The fourth-order valence-electron chi connectivity index (χ4n) is 3.54. The molecule has 0 unspecified atom stereocenters. The molecule has 0 amide bonds. The summed E-state index contributed by atoms with van der Waals surface area (Å²) in [6.07, 6.45) is 1.09. The molecule has 7 nitrogen and oxygen atoms in total. The molecule has 0 aromatic heterocycles. The van der Waals surface area contributed by atoms with Crippen LogP contribution in [0.15, 0.2) is 82.8 Å². The summed E-state index contributed by atoms with van der Waals surface area (Å²) in [6, 6.07) is 15.5. The van der Waals surface area contributed by atoms with Crippen LogP contribution < -0.4 is 4.72 Å². The minimum atomic E-state index is -4.30. The predicted molar refractivity (Wildman–Crippen MR) is 121 cm³/mol. The van der Waals surface area contributed by atoms with Crippen LogP contribution in [0.4, 0.5) is 14.5 Å². The normalized spacial score (nSPS) is 16.5. The van der Waals surface area contributed by atoms with Gasteiger partial charge in [0.05, 0.1) is 22.9 Å². The van der Waals surface area contributed by atoms with E-state index in [-0.39, 0.29) is 16.9 Å². The molecule has 3 aromatic rings. The average molecular weight is 492 g/mol. The van der Waals surface area contributed by atoms with Crippen molar-refractivity contribution >= 4 is 31.4 Å². The zero-order valence-electron chi connectivity index (χ0n) is 17.3. The van der Waals surface area contributed by atoms with Crippen LogP contribution in [0.25, 0.3) is 0 Å². The number of hydrazone groups is 1. The van der Waals surface area contributed by atoms with Crippen LogP contribution in [0.2, 0.25) is 0 Å². The molecule has 1 atom stereocenters. The van der Waals surface area contributed by atoms with Crippen LogP contribution in [-0.2, 0) is 20.0 Å². The Labute approximate surface area is 190 Å². The Morgan fingerprint density at radius 2 is 1.64 bits per heavy atom. The van der Waals surface area contributed by atoms with E-state index in [2.05, 4.69) is 9.82 Å². The second kappa shape index (κ2) is 8.56. The average Bonchev–Trinajstić information content (AvgIpc) is 3.19. The first-order valence-electron chi connectivity index (χ1n) is 9.75. The SMILES string of the molecule is CS(=O)(=O)Nc1ccc(C2=NN(S(=O)(=O)c3cccc(F)c3)[C@@H](c3ccccc3F)C2)cc1. The third-order valence-corrected chi connectivity index (χ3v) is 7.28. The molecule has 4 rings (SSSR count). The van der Waals surface area contributed by atoms with Crippen molar-refractivity contribution in [2.75, 3.05) is 11.0 Å². The molecular formula is C22H19F2N3O4S2. The molecule has 0 aliphatic carbocycles. The van der Waals surface area contributed by atoms with E-state index in [9.17, 15) is 25.6 Å². The molecule has 0 saturated heterocycles. The van der Waals surface area contributed by atoms with Crippen LogP contribution in [-0.4, -0.2) is 33.2 Å². The van der Waals surface area contributed by atoms with Crippen molar-refractivity contribution in [3.05, 3.63) is 95.6 Å². The fraction of sp³-hybridized carbons (Fsp3) is 0.136.